The summed E-state index contributed by atoms with van der Waals surface area (Å²) in [6.07, 6.45) is -0.895. The summed E-state index contributed by atoms with van der Waals surface area (Å²) >= 11 is 0. The van der Waals surface area contributed by atoms with Crippen molar-refractivity contribution in [3.05, 3.63) is 75.8 Å². The Balaban J connectivity index is 0.000000491. The van der Waals surface area contributed by atoms with Gasteiger partial charge in [0.05, 0.1) is 11.0 Å². The van der Waals surface area contributed by atoms with E-state index in [0.29, 0.717) is 0 Å². The van der Waals surface area contributed by atoms with E-state index < -0.39 is 33.3 Å². The molecule has 166 valence electrons. The molecule has 0 radical (unpaired) electrons. The summed E-state index contributed by atoms with van der Waals surface area (Å²) in [6, 6.07) is 14.3. The summed E-state index contributed by atoms with van der Waals surface area (Å²) in [4.78, 5) is 19.8. The minimum Gasteiger partial charge on any atom is -0.460 e. The van der Waals surface area contributed by atoms with Gasteiger partial charge in [0, 0.05) is 0 Å². The Hall–Kier alpha value is -3.06. The Morgan fingerprint density at radius 2 is 1.63 bits per heavy atom. The molecule has 0 aliphatic carbocycles. The van der Waals surface area contributed by atoms with Gasteiger partial charge in [0.2, 0.25) is 0 Å². The molecular weight excluding hydrogens is 418 g/mol. The van der Waals surface area contributed by atoms with Crippen molar-refractivity contribution in [1.82, 2.24) is 0 Å². The molecular formula is C18H25N3O8S. The van der Waals surface area contributed by atoms with Crippen molar-refractivity contribution in [2.24, 2.45) is 11.6 Å². The van der Waals surface area contributed by atoms with Gasteiger partial charge in [-0.2, -0.15) is 14.3 Å². The third kappa shape index (κ3) is 12.4. The van der Waals surface area contributed by atoms with Crippen LogP contribution in [0.2, 0.25) is 0 Å². The normalized spacial score (nSPS) is 12.2. The van der Waals surface area contributed by atoms with E-state index in [9.17, 15) is 13.2 Å². The molecule has 11 nitrogen and oxygen atoms in total. The van der Waals surface area contributed by atoms with E-state index >= 15 is 0 Å². The topological polar surface area (TPSA) is 196 Å². The summed E-state index contributed by atoms with van der Waals surface area (Å²) in [5, 5.41) is 16.6. The molecule has 30 heavy (non-hydrogen) atoms. The molecule has 0 bridgehead atoms. The number of benzene rings is 2. The molecule has 0 spiro atoms. The van der Waals surface area contributed by atoms with E-state index in [1.807, 2.05) is 37.3 Å². The van der Waals surface area contributed by atoms with Crippen molar-refractivity contribution >= 4 is 16.1 Å². The fraction of sp³-hybridized carbons (Fsp3) is 0.278. The number of hydrogen-bond donors (Lipinski definition) is 4. The average Bonchev–Trinajstić information content (AvgIpc) is 2.66. The van der Waals surface area contributed by atoms with Crippen LogP contribution in [-0.4, -0.2) is 41.2 Å². The number of aryl methyl sites for hydroxylation is 1. The number of nitro groups is 1. The van der Waals surface area contributed by atoms with E-state index in [-0.39, 0.29) is 11.5 Å². The molecule has 0 aliphatic heterocycles. The Morgan fingerprint density at radius 1 is 1.17 bits per heavy atom. The zero-order chi connectivity index (χ0) is 23.3. The van der Waals surface area contributed by atoms with E-state index in [2.05, 4.69) is 5.84 Å². The van der Waals surface area contributed by atoms with Crippen LogP contribution in [0.5, 0.6) is 0 Å². The number of carbonyl (C=O) groups is 1. The lowest BCUT2D eigenvalue weighted by Crippen LogP contribution is -2.41. The smallest absolute Gasteiger partial charge is 0.325 e. The molecule has 0 heterocycles. The predicted octanol–water partition coefficient (Wildman–Crippen LogP) is 0.816. The summed E-state index contributed by atoms with van der Waals surface area (Å²) in [7, 11) is -4.02. The molecule has 0 amide bonds. The van der Waals surface area contributed by atoms with Crippen LogP contribution < -0.4 is 11.6 Å². The first-order valence-corrected chi connectivity index (χ1v) is 9.86. The molecule has 0 saturated heterocycles. The molecule has 2 aromatic rings. The zero-order valence-electron chi connectivity index (χ0n) is 16.4. The minimum atomic E-state index is -4.02. The van der Waals surface area contributed by atoms with E-state index in [1.165, 1.54) is 19.1 Å². The maximum atomic E-state index is 11.3. The molecule has 0 saturated carbocycles. The van der Waals surface area contributed by atoms with Gasteiger partial charge in [0.25, 0.3) is 10.1 Å². The van der Waals surface area contributed by atoms with Gasteiger partial charge in [-0.3, -0.25) is 9.35 Å². The van der Waals surface area contributed by atoms with Crippen LogP contribution in [-0.2, 0) is 26.3 Å². The summed E-state index contributed by atoms with van der Waals surface area (Å²) in [5.74, 6) is 3.24. The lowest BCUT2D eigenvalue weighted by molar-refractivity contribution is -0.491. The number of rotatable bonds is 5. The van der Waals surface area contributed by atoms with Gasteiger partial charge in [-0.05, 0) is 31.5 Å². The highest BCUT2D eigenvalue weighted by Crippen LogP contribution is 2.08. The van der Waals surface area contributed by atoms with Gasteiger partial charge in [-0.1, -0.05) is 48.0 Å². The number of aliphatic hydroxyl groups excluding tert-OH is 1. The van der Waals surface area contributed by atoms with Crippen LogP contribution in [0.1, 0.15) is 18.1 Å². The monoisotopic (exact) mass is 443 g/mol. The van der Waals surface area contributed by atoms with Crippen LogP contribution in [0, 0.1) is 17.0 Å². The highest BCUT2D eigenvalue weighted by atomic mass is 32.2. The molecule has 2 rings (SSSR count). The molecule has 12 heteroatoms. The number of hydrogen-bond acceptors (Lipinski definition) is 8. The fourth-order valence-corrected chi connectivity index (χ4v) is 2.21. The van der Waals surface area contributed by atoms with Crippen molar-refractivity contribution in [2.75, 3.05) is 0 Å². The molecule has 6 N–H and O–H groups in total. The fourth-order valence-electron chi connectivity index (χ4n) is 1.73. The van der Waals surface area contributed by atoms with Gasteiger partial charge >= 0.3 is 5.97 Å². The largest absolute Gasteiger partial charge is 0.460 e. The number of nitrogens with zero attached hydrogens (tertiary/aromatic N) is 1. The Bertz CT molecular complexity index is 883. The quantitative estimate of drug-likeness (QED) is 0.169. The standard InChI is InChI=1S/C11H15NO3.C7H8O3S.H2N2O2/c1-8(13)10(12)11(14)15-7-9-5-3-2-4-6-9;1-6-2-4-7(5-3-6)11(8,9)10;1-2(3)4/h2-6,8,10,13H,7,12H2,1H3;2-5H,1H3,(H,8,9,10);1H2. The SMILES string of the molecule is CC(O)C(N)C(=O)OCc1ccccc1.Cc1ccc(S(=O)(=O)O)cc1.N[N+](=O)[O-]. The van der Waals surface area contributed by atoms with Crippen LogP contribution in [0.15, 0.2) is 59.5 Å². The van der Waals surface area contributed by atoms with E-state index in [1.54, 1.807) is 12.1 Å². The van der Waals surface area contributed by atoms with Crippen molar-refractivity contribution in [2.45, 2.75) is 37.5 Å². The molecule has 2 unspecified atom stereocenters. The molecule has 0 fully saturated rings. The van der Waals surface area contributed by atoms with Gasteiger partial charge in [0.15, 0.2) is 5.03 Å². The lowest BCUT2D eigenvalue weighted by atomic mass is 10.2. The molecule has 0 aliphatic rings. The summed E-state index contributed by atoms with van der Waals surface area (Å²) < 4.78 is 34.5. The van der Waals surface area contributed by atoms with Crippen LogP contribution in [0.3, 0.4) is 0 Å². The second-order valence-corrected chi connectivity index (χ2v) is 7.35. The summed E-state index contributed by atoms with van der Waals surface area (Å²) in [5.41, 5.74) is 7.25. The second-order valence-electron chi connectivity index (χ2n) is 5.93. The first-order valence-electron chi connectivity index (χ1n) is 8.42. The van der Waals surface area contributed by atoms with Crippen LogP contribution in [0.4, 0.5) is 0 Å². The second kappa shape index (κ2) is 13.2. The third-order valence-electron chi connectivity index (χ3n) is 3.33. The van der Waals surface area contributed by atoms with Crippen molar-refractivity contribution < 1.29 is 32.6 Å². The first kappa shape index (κ1) is 26.9. The average molecular weight is 443 g/mol. The summed E-state index contributed by atoms with van der Waals surface area (Å²) in [6.45, 7) is 3.47. The number of ether oxygens (including phenoxy) is 1. The van der Waals surface area contributed by atoms with Crippen LogP contribution in [0.25, 0.3) is 0 Å². The number of carbonyl (C=O) groups excluding carboxylic acids is 1. The maximum Gasteiger partial charge on any atom is 0.325 e. The lowest BCUT2D eigenvalue weighted by Gasteiger charge is -2.13. The minimum absolute atomic E-state index is 0.0666. The van der Waals surface area contributed by atoms with Gasteiger partial charge in [-0.25, -0.2) is 10.1 Å². The number of hydrazine groups is 1. The maximum absolute atomic E-state index is 11.3. The van der Waals surface area contributed by atoms with Crippen molar-refractivity contribution in [3.8, 4) is 0 Å². The van der Waals surface area contributed by atoms with Gasteiger partial charge < -0.3 is 15.6 Å². The highest BCUT2D eigenvalue weighted by Gasteiger charge is 2.20. The molecule has 2 atom stereocenters. The predicted molar refractivity (Wildman–Crippen MR) is 108 cm³/mol. The van der Waals surface area contributed by atoms with Gasteiger partial charge in [0.1, 0.15) is 12.6 Å². The molecule has 2 aromatic carbocycles. The zero-order valence-corrected chi connectivity index (χ0v) is 17.2. The van der Waals surface area contributed by atoms with Crippen molar-refractivity contribution in [3.63, 3.8) is 0 Å². The van der Waals surface area contributed by atoms with Crippen LogP contribution >= 0.6 is 0 Å². The Labute approximate surface area is 174 Å². The van der Waals surface area contributed by atoms with Gasteiger partial charge in [-0.15, -0.1) is 0 Å². The third-order valence-corrected chi connectivity index (χ3v) is 4.20. The van der Waals surface area contributed by atoms with E-state index in [0.717, 1.165) is 11.1 Å². The van der Waals surface area contributed by atoms with Crippen molar-refractivity contribution in [1.29, 1.82) is 0 Å². The highest BCUT2D eigenvalue weighted by molar-refractivity contribution is 7.85. The molecule has 0 aromatic heterocycles. The Morgan fingerprint density at radius 3 is 2.03 bits per heavy atom. The number of aliphatic hydroxyl groups is 1. The van der Waals surface area contributed by atoms with E-state index in [4.69, 9.17) is 30.2 Å². The Kier molecular flexibility index (Phi) is 11.9. The number of esters is 1. The number of nitrogens with two attached hydrogens (primary N) is 2. The first-order chi connectivity index (χ1) is 13.8.